The molecule has 29 heavy (non-hydrogen) atoms. The van der Waals surface area contributed by atoms with Crippen molar-refractivity contribution in [2.45, 2.75) is 6.54 Å². The molecule has 2 aromatic rings. The number of allylic oxidation sites excluding steroid dienone is 1. The summed E-state index contributed by atoms with van der Waals surface area (Å²) in [6, 6.07) is 0. The molecule has 156 valence electrons. The van der Waals surface area contributed by atoms with Gasteiger partial charge in [0, 0.05) is 6.54 Å². The molecule has 0 amide bonds. The fourth-order valence-electron chi connectivity index (χ4n) is 2.02. The van der Waals surface area contributed by atoms with E-state index in [-0.39, 0.29) is 22.8 Å². The molecule has 0 fully saturated rings. The van der Waals surface area contributed by atoms with Crippen LogP contribution in [0.5, 0.6) is 0 Å². The molecule has 2 rings (SSSR count). The lowest BCUT2D eigenvalue weighted by atomic mass is 10.3. The number of nitrogens with zero attached hydrogens (tertiary/aromatic N) is 3. The van der Waals surface area contributed by atoms with E-state index < -0.39 is 23.9 Å². The maximum Gasteiger partial charge on any atom is 0.359 e. The van der Waals surface area contributed by atoms with E-state index in [1.165, 1.54) is 45.7 Å². The van der Waals surface area contributed by atoms with Gasteiger partial charge in [-0.2, -0.15) is 0 Å². The maximum atomic E-state index is 11.5. The third kappa shape index (κ3) is 5.51. The Balaban J connectivity index is 0.000000296. The molecule has 0 saturated carbocycles. The third-order valence-corrected chi connectivity index (χ3v) is 3.33. The van der Waals surface area contributed by atoms with Crippen LogP contribution in [0.2, 0.25) is 0 Å². The van der Waals surface area contributed by atoms with Gasteiger partial charge >= 0.3 is 23.9 Å². The zero-order valence-corrected chi connectivity index (χ0v) is 16.3. The molecule has 0 aliphatic rings. The van der Waals surface area contributed by atoms with Gasteiger partial charge in [-0.1, -0.05) is 6.08 Å². The van der Waals surface area contributed by atoms with Gasteiger partial charge < -0.3 is 28.5 Å². The largest absolute Gasteiger partial charge is 0.464 e. The van der Waals surface area contributed by atoms with Gasteiger partial charge in [0.05, 0.1) is 41.1 Å². The number of imidazole rings is 2. The van der Waals surface area contributed by atoms with E-state index in [0.29, 0.717) is 6.54 Å². The first-order valence-corrected chi connectivity index (χ1v) is 7.88. The second-order valence-corrected chi connectivity index (χ2v) is 4.98. The van der Waals surface area contributed by atoms with Crippen molar-refractivity contribution >= 4 is 23.9 Å². The predicted molar refractivity (Wildman–Crippen MR) is 96.4 cm³/mol. The van der Waals surface area contributed by atoms with Crippen LogP contribution in [0.3, 0.4) is 0 Å². The van der Waals surface area contributed by atoms with Crippen LogP contribution in [0.4, 0.5) is 0 Å². The molecule has 0 atom stereocenters. The van der Waals surface area contributed by atoms with Crippen molar-refractivity contribution in [3.8, 4) is 0 Å². The number of methoxy groups -OCH3 is 4. The lowest BCUT2D eigenvalue weighted by molar-refractivity contribution is 0.0544. The molecule has 12 heteroatoms. The maximum absolute atomic E-state index is 11.5. The number of nitrogens with one attached hydrogen (secondary N) is 1. The molecule has 0 spiro atoms. The smallest absolute Gasteiger partial charge is 0.359 e. The average molecular weight is 408 g/mol. The fourth-order valence-corrected chi connectivity index (χ4v) is 2.02. The Morgan fingerprint density at radius 1 is 0.931 bits per heavy atom. The molecule has 0 bridgehead atoms. The minimum Gasteiger partial charge on any atom is -0.464 e. The van der Waals surface area contributed by atoms with Gasteiger partial charge in [-0.05, 0) is 0 Å². The minimum absolute atomic E-state index is 0.00523. The first-order valence-electron chi connectivity index (χ1n) is 7.88. The van der Waals surface area contributed by atoms with Crippen LogP contribution in [0.1, 0.15) is 42.0 Å². The normalized spacial score (nSPS) is 9.52. The summed E-state index contributed by atoms with van der Waals surface area (Å²) in [4.78, 5) is 54.8. The summed E-state index contributed by atoms with van der Waals surface area (Å²) in [5, 5.41) is 0. The number of esters is 4. The van der Waals surface area contributed by atoms with Gasteiger partial charge in [-0.3, -0.25) is 0 Å². The number of carbonyl (C=O) groups excluding carboxylic acids is 4. The average Bonchev–Trinajstić information content (AvgIpc) is 3.39. The van der Waals surface area contributed by atoms with Crippen LogP contribution < -0.4 is 0 Å². The van der Waals surface area contributed by atoms with Gasteiger partial charge in [0.1, 0.15) is 0 Å². The number of hydrogen-bond acceptors (Lipinski definition) is 10. The second kappa shape index (κ2) is 11.0. The topological polar surface area (TPSA) is 152 Å². The van der Waals surface area contributed by atoms with Crippen molar-refractivity contribution in [3.63, 3.8) is 0 Å². The van der Waals surface area contributed by atoms with E-state index in [2.05, 4.69) is 40.5 Å². The Hall–Kier alpha value is -3.96. The summed E-state index contributed by atoms with van der Waals surface area (Å²) in [5.74, 6) is -2.65. The molecular formula is C17H20N4O8. The SMILES string of the molecule is C=CCn1cnc(C(=O)OC)c1C(=O)OC.COC(=O)c1nc[nH]c1C(=O)OC. The van der Waals surface area contributed by atoms with Crippen LogP contribution >= 0.6 is 0 Å². The molecule has 0 radical (unpaired) electrons. The van der Waals surface area contributed by atoms with Gasteiger partial charge in [-0.25, -0.2) is 29.1 Å². The van der Waals surface area contributed by atoms with E-state index in [1.807, 2.05) is 0 Å². The lowest BCUT2D eigenvalue weighted by Crippen LogP contribution is -2.15. The van der Waals surface area contributed by atoms with Crippen LogP contribution in [0.15, 0.2) is 25.3 Å². The molecule has 12 nitrogen and oxygen atoms in total. The summed E-state index contributed by atoms with van der Waals surface area (Å²) < 4.78 is 19.4. The quantitative estimate of drug-likeness (QED) is 0.409. The highest BCUT2D eigenvalue weighted by Gasteiger charge is 2.24. The molecule has 1 N–H and O–H groups in total. The highest BCUT2D eigenvalue weighted by molar-refractivity contribution is 6.01. The highest BCUT2D eigenvalue weighted by Crippen LogP contribution is 2.11. The Bertz CT molecular complexity index is 869. The monoisotopic (exact) mass is 408 g/mol. The number of aromatic nitrogens is 4. The minimum atomic E-state index is -0.679. The van der Waals surface area contributed by atoms with Gasteiger partial charge in [0.25, 0.3) is 0 Å². The van der Waals surface area contributed by atoms with Crippen LogP contribution in [-0.2, 0) is 25.5 Å². The number of H-pyrrole nitrogens is 1. The van der Waals surface area contributed by atoms with Crippen molar-refractivity contribution in [3.05, 3.63) is 48.1 Å². The second-order valence-electron chi connectivity index (χ2n) is 4.98. The van der Waals surface area contributed by atoms with Crippen LogP contribution in [0, 0.1) is 0 Å². The molecule has 0 saturated heterocycles. The van der Waals surface area contributed by atoms with E-state index in [4.69, 9.17) is 0 Å². The standard InChI is InChI=1S/C10H12N2O4.C7H8N2O4/c1-4-5-12-6-11-7(9(13)15-2)8(12)10(14)16-3;1-12-6(10)4-5(7(11)13-2)9-3-8-4/h4,6H,1,5H2,2-3H3;3H,1-2H3,(H,8,9). The van der Waals surface area contributed by atoms with Crippen LogP contribution in [-0.4, -0.2) is 71.8 Å². The van der Waals surface area contributed by atoms with Crippen molar-refractivity contribution in [1.29, 1.82) is 0 Å². The van der Waals surface area contributed by atoms with E-state index in [1.54, 1.807) is 6.08 Å². The molecular weight excluding hydrogens is 388 g/mol. The lowest BCUT2D eigenvalue weighted by Gasteiger charge is -2.04. The summed E-state index contributed by atoms with van der Waals surface area (Å²) in [5.41, 5.74) is -0.0749. The zero-order chi connectivity index (χ0) is 22.0. The van der Waals surface area contributed by atoms with Crippen molar-refractivity contribution in [2.24, 2.45) is 0 Å². The van der Waals surface area contributed by atoms with E-state index >= 15 is 0 Å². The van der Waals surface area contributed by atoms with Gasteiger partial charge in [0.15, 0.2) is 22.8 Å². The summed E-state index contributed by atoms with van der Waals surface area (Å²) in [7, 11) is 4.87. The summed E-state index contributed by atoms with van der Waals surface area (Å²) in [6.45, 7) is 3.90. The van der Waals surface area contributed by atoms with E-state index in [9.17, 15) is 19.2 Å². The summed E-state index contributed by atoms with van der Waals surface area (Å²) >= 11 is 0. The number of aromatic amines is 1. The Morgan fingerprint density at radius 2 is 1.48 bits per heavy atom. The Labute approximate surface area is 165 Å². The molecule has 0 unspecified atom stereocenters. The number of ether oxygens (including phenoxy) is 4. The van der Waals surface area contributed by atoms with Gasteiger partial charge in [-0.15, -0.1) is 6.58 Å². The molecule has 2 aromatic heterocycles. The number of carbonyl (C=O) groups is 4. The van der Waals surface area contributed by atoms with Crippen LogP contribution in [0.25, 0.3) is 0 Å². The molecule has 0 aliphatic carbocycles. The Morgan fingerprint density at radius 3 is 2.00 bits per heavy atom. The molecule has 0 aromatic carbocycles. The first kappa shape index (κ1) is 23.1. The van der Waals surface area contributed by atoms with Crippen molar-refractivity contribution in [1.82, 2.24) is 19.5 Å². The molecule has 0 aliphatic heterocycles. The van der Waals surface area contributed by atoms with Gasteiger partial charge in [0.2, 0.25) is 0 Å². The van der Waals surface area contributed by atoms with Crippen molar-refractivity contribution in [2.75, 3.05) is 28.4 Å². The number of hydrogen-bond donors (Lipinski definition) is 1. The highest BCUT2D eigenvalue weighted by atomic mass is 16.5. The summed E-state index contributed by atoms with van der Waals surface area (Å²) in [6.07, 6.45) is 4.16. The fraction of sp³-hybridized carbons (Fsp3) is 0.294. The van der Waals surface area contributed by atoms with E-state index in [0.717, 1.165) is 0 Å². The van der Waals surface area contributed by atoms with Crippen molar-refractivity contribution < 1.29 is 38.1 Å². The predicted octanol–water partition coefficient (Wildman–Crippen LogP) is 0.625. The number of rotatable bonds is 6. The zero-order valence-electron chi connectivity index (χ0n) is 16.3. The first-order chi connectivity index (χ1) is 13.9. The third-order valence-electron chi connectivity index (χ3n) is 3.33. The molecule has 2 heterocycles. The Kier molecular flexibility index (Phi) is 8.77.